The van der Waals surface area contributed by atoms with Gasteiger partial charge in [-0.25, -0.2) is 29.3 Å². The Bertz CT molecular complexity index is 5260. The van der Waals surface area contributed by atoms with E-state index in [1.165, 1.54) is 59.3 Å². The Morgan fingerprint density at radius 2 is 0.804 bits per heavy atom. The van der Waals surface area contributed by atoms with Gasteiger partial charge in [0.1, 0.15) is 64.3 Å². The van der Waals surface area contributed by atoms with Crippen LogP contribution in [0.3, 0.4) is 0 Å². The van der Waals surface area contributed by atoms with Crippen molar-refractivity contribution in [2.45, 2.75) is 152 Å². The van der Waals surface area contributed by atoms with Crippen molar-refractivity contribution in [3.63, 3.8) is 0 Å². The van der Waals surface area contributed by atoms with Crippen LogP contribution in [0.15, 0.2) is 115 Å². The first-order valence-corrected chi connectivity index (χ1v) is 39.6. The predicted molar refractivity (Wildman–Crippen MR) is 425 cm³/mol. The molecule has 3 heterocycles. The molecule has 0 radical (unpaired) electrons. The summed E-state index contributed by atoms with van der Waals surface area (Å²) in [5.41, 5.74) is 11.1. The Morgan fingerprint density at radius 3 is 1.21 bits per heavy atom. The number of nitrogens with zero attached hydrogens (tertiary/aromatic N) is 3. The number of methoxy groups -OCH3 is 7. The first kappa shape index (κ1) is 78.7. The number of thiazole rings is 3. The summed E-state index contributed by atoms with van der Waals surface area (Å²) in [6, 6.07) is 34.9. The van der Waals surface area contributed by atoms with Crippen LogP contribution in [-0.4, -0.2) is 156 Å². The predicted octanol–water partition coefficient (Wildman–Crippen LogP) is 14.8. The Balaban J connectivity index is 0.703. The number of rotatable bonds is 34. The van der Waals surface area contributed by atoms with Gasteiger partial charge in [-0.3, -0.25) is 0 Å². The fourth-order valence-electron chi connectivity index (χ4n) is 15.9. The Labute approximate surface area is 659 Å². The van der Waals surface area contributed by atoms with E-state index >= 15 is 0 Å². The molecule has 0 aliphatic heterocycles. The molecule has 6 N–H and O–H groups in total. The molecule has 1 fully saturated rings. The number of fused-ring (bicyclic) bond motifs is 5. The largest absolute Gasteiger partial charge is 0.497 e. The lowest BCUT2D eigenvalue weighted by Gasteiger charge is -2.27. The highest BCUT2D eigenvalue weighted by Crippen LogP contribution is 2.45. The number of hydrogen-bond acceptors (Lipinski definition) is 23. The molecule has 3 aliphatic rings. The number of aliphatic hydroxyl groups excluding tert-OH is 3. The van der Waals surface area contributed by atoms with Crippen molar-refractivity contribution in [1.29, 1.82) is 0 Å². The normalized spacial score (nSPS) is 16.4. The van der Waals surface area contributed by atoms with Crippen molar-refractivity contribution in [2.24, 2.45) is 0 Å². The Hall–Kier alpha value is -10.0. The van der Waals surface area contributed by atoms with Gasteiger partial charge in [0.25, 0.3) is 0 Å². The molecule has 0 bridgehead atoms. The van der Waals surface area contributed by atoms with Crippen molar-refractivity contribution in [3.05, 3.63) is 214 Å². The lowest BCUT2D eigenvalue weighted by Crippen LogP contribution is -2.30. The van der Waals surface area contributed by atoms with Crippen molar-refractivity contribution < 1.29 is 97.1 Å². The molecule has 586 valence electrons. The van der Waals surface area contributed by atoms with Gasteiger partial charge in [0.05, 0.1) is 155 Å². The molecule has 3 aliphatic carbocycles. The highest BCUT2D eigenvalue weighted by molar-refractivity contribution is 7.19. The zero-order valence-corrected chi connectivity index (χ0v) is 66.0. The van der Waals surface area contributed by atoms with Crippen LogP contribution in [0.1, 0.15) is 164 Å². The highest BCUT2D eigenvalue weighted by atomic mass is 32.1. The maximum Gasteiger partial charge on any atom is 0.338 e. The van der Waals surface area contributed by atoms with Gasteiger partial charge in [-0.15, -0.1) is 34.0 Å². The van der Waals surface area contributed by atoms with Gasteiger partial charge in [0.2, 0.25) is 0 Å². The molecule has 0 amide bonds. The third kappa shape index (κ3) is 16.7. The van der Waals surface area contributed by atoms with E-state index in [9.17, 15) is 45.0 Å². The number of benzene rings is 8. The summed E-state index contributed by atoms with van der Waals surface area (Å²) in [6.07, 6.45) is 0.187. The molecule has 23 nitrogen and oxygen atoms in total. The summed E-state index contributed by atoms with van der Waals surface area (Å²) in [4.78, 5) is 51.8. The van der Waals surface area contributed by atoms with Gasteiger partial charge < -0.3 is 82.7 Å². The maximum absolute atomic E-state index is 12.9. The van der Waals surface area contributed by atoms with E-state index in [-0.39, 0.29) is 48.2 Å². The van der Waals surface area contributed by atoms with Crippen molar-refractivity contribution >= 4 is 82.6 Å². The van der Waals surface area contributed by atoms with Gasteiger partial charge >= 0.3 is 17.9 Å². The summed E-state index contributed by atoms with van der Waals surface area (Å²) in [6.45, 7) is 4.08. The number of ether oxygens (including phenoxy) is 11. The molecular formula is C86H89N3O20S3. The minimum atomic E-state index is -1.29. The van der Waals surface area contributed by atoms with Gasteiger partial charge in [-0.2, -0.15) is 0 Å². The summed E-state index contributed by atoms with van der Waals surface area (Å²) in [7, 11) is 10.9. The second-order valence-corrected chi connectivity index (χ2v) is 31.9. The van der Waals surface area contributed by atoms with E-state index in [1.54, 1.807) is 85.1 Å². The quantitative estimate of drug-likeness (QED) is 0.0218. The van der Waals surface area contributed by atoms with Gasteiger partial charge in [-0.05, 0) is 175 Å². The van der Waals surface area contributed by atoms with Crippen LogP contribution in [-0.2, 0) is 72.0 Å². The molecule has 8 atom stereocenters. The van der Waals surface area contributed by atoms with E-state index in [4.69, 9.17) is 67.1 Å². The van der Waals surface area contributed by atoms with E-state index in [0.29, 0.717) is 153 Å². The third-order valence-electron chi connectivity index (χ3n) is 21.5. The van der Waals surface area contributed by atoms with Crippen LogP contribution in [0.2, 0.25) is 0 Å². The number of carboxylic acids is 3. The molecule has 0 spiro atoms. The lowest BCUT2D eigenvalue weighted by molar-refractivity contribution is -0.0753. The third-order valence-corrected chi connectivity index (χ3v) is 24.6. The van der Waals surface area contributed by atoms with Crippen molar-refractivity contribution in [1.82, 2.24) is 15.0 Å². The molecule has 3 aromatic heterocycles. The lowest BCUT2D eigenvalue weighted by atomic mass is 9.95. The number of aromatic nitrogens is 3. The number of aromatic carboxylic acids is 3. The maximum atomic E-state index is 12.9. The zero-order valence-electron chi connectivity index (χ0n) is 63.5. The monoisotopic (exact) mass is 1580 g/mol. The van der Waals surface area contributed by atoms with Gasteiger partial charge in [-0.1, -0.05) is 55.3 Å². The Morgan fingerprint density at radius 1 is 0.429 bits per heavy atom. The van der Waals surface area contributed by atoms with E-state index < -0.39 is 60.6 Å². The topological polar surface area (TPSA) is 313 Å². The summed E-state index contributed by atoms with van der Waals surface area (Å²) < 4.78 is 70.0. The fourth-order valence-corrected chi connectivity index (χ4v) is 19.1. The average Bonchev–Trinajstić information content (AvgIpc) is 1.69. The number of para-hydroxylation sites is 1. The smallest absolute Gasteiger partial charge is 0.338 e. The molecule has 14 rings (SSSR count). The molecule has 26 heteroatoms. The van der Waals surface area contributed by atoms with E-state index in [2.05, 4.69) is 36.4 Å². The molecule has 0 saturated heterocycles. The van der Waals surface area contributed by atoms with E-state index in [1.807, 2.05) is 32.0 Å². The standard InChI is InChI=1S/C86H89N3O20S3/c1-10-106-55-37-62(86(97)98)80-74(39-55)112-76(89-80)40-69(107-53-14-11-12-15-53)82(91)51-32-65(102-6)59(66(33-51)103-7)24-44-19-21-47-27-57(29-49(47)23-44)109-71(42-77-88-79-61(85(95)96)36-54(99-3)38-73(79)111-77)83(92)52-34-67(104-8)60(68(35-52)105-9)25-45-18-20-46-26-56(28-48(46)22-45)108-70(81(90)50-30-63(100-4)43(2)64(31-50)101-5)41-75-87-78-58(84(93)94)16-13-17-72(78)110-75/h13,16-23,30-39,53,56-57,69-71,81-83,90-92H,10-12,14-15,24-29,40-42H2,1-9H3,(H,93,94)(H,95,96)(H,97,98)/t56?,57?,69-,70-,71-,81+,82+,83+/m0/s1. The van der Waals surface area contributed by atoms with Crippen LogP contribution in [0.25, 0.3) is 30.6 Å². The molecule has 8 aromatic carbocycles. The number of carboxylic acid groups (broad SMARTS) is 3. The van der Waals surface area contributed by atoms with Crippen LogP contribution in [0.5, 0.6) is 46.0 Å². The minimum absolute atomic E-state index is 0.0170. The summed E-state index contributed by atoms with van der Waals surface area (Å²) in [5, 5.41) is 69.9. The number of carbonyl (C=O) groups is 3. The highest BCUT2D eigenvalue weighted by Gasteiger charge is 2.37. The van der Waals surface area contributed by atoms with Crippen molar-refractivity contribution in [3.8, 4) is 46.0 Å². The Kier molecular flexibility index (Phi) is 24.0. The molecule has 1 saturated carbocycles. The molecule has 2 unspecified atom stereocenters. The molecule has 112 heavy (non-hydrogen) atoms. The minimum Gasteiger partial charge on any atom is -0.497 e. The van der Waals surface area contributed by atoms with Crippen LogP contribution in [0.4, 0.5) is 0 Å². The first-order chi connectivity index (χ1) is 54.1. The molecule has 11 aromatic rings. The zero-order chi connectivity index (χ0) is 78.8. The average molecular weight is 1580 g/mol. The van der Waals surface area contributed by atoms with Crippen LogP contribution < -0.4 is 37.9 Å². The molecular weight excluding hydrogens is 1490 g/mol. The number of aliphatic hydroxyl groups is 3. The second kappa shape index (κ2) is 34.1. The summed E-state index contributed by atoms with van der Waals surface area (Å²) in [5.74, 6) is 0.463. The second-order valence-electron chi connectivity index (χ2n) is 28.5. The number of hydrogen-bond donors (Lipinski definition) is 6. The van der Waals surface area contributed by atoms with Gasteiger partial charge in [0.15, 0.2) is 0 Å². The SMILES string of the molecule is CCOc1cc(C(=O)O)c2nc(C[C@H](OC3CCCC3)[C@H](O)c3cc(OC)c(Cc4ccc5c(c4)CC(O[C@@H](Cc4nc6c(C(=O)O)cc(OC)cc6s4)[C@H](O)c4cc(OC)c(Cc6ccc7c(c6)CC(O[C@@H](Cc6nc8c(C(=O)O)cccc8s6)[C@H](O)c6cc(OC)c(C)c(OC)c6)C7)c(OC)c4)C5)c(OC)c3)sc2c1. The van der Waals surface area contributed by atoms with Crippen molar-refractivity contribution in [2.75, 3.05) is 56.4 Å². The van der Waals surface area contributed by atoms with E-state index in [0.717, 1.165) is 75.8 Å². The fraction of sp³-hybridized carbons (Fsp3) is 0.372. The van der Waals surface area contributed by atoms with Crippen LogP contribution in [0, 0.1) is 6.92 Å². The summed E-state index contributed by atoms with van der Waals surface area (Å²) >= 11 is 4.00. The first-order valence-electron chi connectivity index (χ1n) is 37.2. The van der Waals surface area contributed by atoms with Crippen LogP contribution >= 0.6 is 34.0 Å². The van der Waals surface area contributed by atoms with Gasteiger partial charge in [0, 0.05) is 48.8 Å².